The van der Waals surface area contributed by atoms with E-state index in [1.165, 1.54) is 19.3 Å². The van der Waals surface area contributed by atoms with Crippen molar-refractivity contribution >= 4 is 10.5 Å². The number of rotatable bonds is 1. The quantitative estimate of drug-likeness (QED) is 0.564. The molecule has 2 bridgehead atoms. The fourth-order valence-electron chi connectivity index (χ4n) is 3.31. The van der Waals surface area contributed by atoms with E-state index in [0.29, 0.717) is 16.9 Å². The smallest absolute Gasteiger partial charge is 0.246 e. The third-order valence-electron chi connectivity index (χ3n) is 4.86. The second-order valence-electron chi connectivity index (χ2n) is 5.22. The fourth-order valence-corrected chi connectivity index (χ4v) is 3.66. The molecule has 2 aliphatic carbocycles. The average Bonchev–Trinajstić information content (AvgIpc) is 2.34. The third-order valence-corrected chi connectivity index (χ3v) is 5.14. The van der Waals surface area contributed by atoms with Gasteiger partial charge in [-0.15, -0.1) is 0 Å². The Hall–Kier alpha value is 0.177. The lowest BCUT2D eigenvalue weighted by Gasteiger charge is -2.38. The maximum absolute atomic E-state index is 5.39. The summed E-state index contributed by atoms with van der Waals surface area (Å²) < 4.78 is 5.39. The zero-order valence-electron chi connectivity index (χ0n) is 8.18. The molecule has 2 aliphatic rings. The van der Waals surface area contributed by atoms with E-state index in [-0.39, 0.29) is 0 Å². The van der Waals surface area contributed by atoms with Crippen molar-refractivity contribution in [2.24, 2.45) is 16.7 Å². The van der Waals surface area contributed by atoms with Crippen molar-refractivity contribution in [3.8, 4) is 0 Å². The van der Waals surface area contributed by atoms with Crippen molar-refractivity contribution in [1.82, 2.24) is 0 Å². The van der Waals surface area contributed by atoms with Crippen molar-refractivity contribution in [2.75, 3.05) is 0 Å². The first-order valence-electron chi connectivity index (χ1n) is 4.85. The molecular weight excluding hydrogens is 164 g/mol. The van der Waals surface area contributed by atoms with E-state index in [0.717, 1.165) is 5.92 Å². The highest BCUT2D eigenvalue weighted by atomic mass is 28.2. The van der Waals surface area contributed by atoms with E-state index in [4.69, 9.17) is 4.43 Å². The number of hydrogen-bond acceptors (Lipinski definition) is 1. The van der Waals surface area contributed by atoms with Gasteiger partial charge in [0, 0.05) is 0 Å². The van der Waals surface area contributed by atoms with Gasteiger partial charge in [-0.1, -0.05) is 20.8 Å². The molecule has 2 fully saturated rings. The van der Waals surface area contributed by atoms with E-state index >= 15 is 0 Å². The van der Waals surface area contributed by atoms with Crippen LogP contribution in [0.15, 0.2) is 0 Å². The Bertz CT molecular complexity index is 202. The summed E-state index contributed by atoms with van der Waals surface area (Å²) in [5, 5.41) is 0. The van der Waals surface area contributed by atoms with Crippen molar-refractivity contribution in [2.45, 2.75) is 46.1 Å². The Labute approximate surface area is 78.4 Å². The van der Waals surface area contributed by atoms with E-state index < -0.39 is 0 Å². The topological polar surface area (TPSA) is 9.23 Å². The molecule has 0 N–H and O–H groups in total. The maximum atomic E-state index is 5.39. The SMILES string of the molecule is CC1(C)C2CCC1(C)C(O[Si])C2. The second-order valence-corrected chi connectivity index (χ2v) is 5.45. The summed E-state index contributed by atoms with van der Waals surface area (Å²) >= 11 is 0. The largest absolute Gasteiger partial charge is 0.415 e. The lowest BCUT2D eigenvalue weighted by Crippen LogP contribution is -2.36. The van der Waals surface area contributed by atoms with Crippen LogP contribution in [0, 0.1) is 16.7 Å². The molecule has 0 aromatic rings. The van der Waals surface area contributed by atoms with E-state index in [1.807, 2.05) is 0 Å². The van der Waals surface area contributed by atoms with Crippen molar-refractivity contribution in [1.29, 1.82) is 0 Å². The van der Waals surface area contributed by atoms with Gasteiger partial charge in [0.25, 0.3) is 0 Å². The molecular formula is C10H17OSi. The van der Waals surface area contributed by atoms with Crippen LogP contribution < -0.4 is 0 Å². The molecule has 0 aliphatic heterocycles. The van der Waals surface area contributed by atoms with Gasteiger partial charge in [-0.2, -0.15) is 0 Å². The molecule has 0 heterocycles. The Morgan fingerprint density at radius 1 is 1.33 bits per heavy atom. The molecule has 3 unspecified atom stereocenters. The molecule has 2 saturated carbocycles. The van der Waals surface area contributed by atoms with Crippen LogP contribution in [0.3, 0.4) is 0 Å². The first-order valence-corrected chi connectivity index (χ1v) is 5.25. The molecule has 12 heavy (non-hydrogen) atoms. The molecule has 0 aromatic carbocycles. The number of hydrogen-bond donors (Lipinski definition) is 0. The highest BCUT2D eigenvalue weighted by Gasteiger charge is 2.61. The zero-order chi connectivity index (χ0) is 8.98. The van der Waals surface area contributed by atoms with Crippen molar-refractivity contribution < 1.29 is 4.43 Å². The maximum Gasteiger partial charge on any atom is 0.246 e. The Morgan fingerprint density at radius 2 is 2.00 bits per heavy atom. The molecule has 2 rings (SSSR count). The summed E-state index contributed by atoms with van der Waals surface area (Å²) in [6.07, 6.45) is 4.41. The summed E-state index contributed by atoms with van der Waals surface area (Å²) in [4.78, 5) is 0. The molecule has 0 saturated heterocycles. The highest BCUT2D eigenvalue weighted by molar-refractivity contribution is 5.98. The summed E-state index contributed by atoms with van der Waals surface area (Å²) in [5.74, 6) is 0.879. The van der Waals surface area contributed by atoms with Gasteiger partial charge in [-0.05, 0) is 36.0 Å². The minimum absolute atomic E-state index is 0.402. The van der Waals surface area contributed by atoms with Crippen molar-refractivity contribution in [3.05, 3.63) is 0 Å². The molecule has 3 radical (unpaired) electrons. The Balaban J connectivity index is 2.33. The minimum Gasteiger partial charge on any atom is -0.415 e. The van der Waals surface area contributed by atoms with Gasteiger partial charge in [-0.25, -0.2) is 0 Å². The zero-order valence-corrected chi connectivity index (χ0v) is 9.18. The molecule has 3 atom stereocenters. The molecule has 1 nitrogen and oxygen atoms in total. The molecule has 0 amide bonds. The second kappa shape index (κ2) is 2.35. The predicted octanol–water partition coefficient (Wildman–Crippen LogP) is 2.30. The highest BCUT2D eigenvalue weighted by Crippen LogP contribution is 2.65. The van der Waals surface area contributed by atoms with Gasteiger partial charge < -0.3 is 4.43 Å². The monoisotopic (exact) mass is 181 g/mol. The van der Waals surface area contributed by atoms with Gasteiger partial charge in [-0.3, -0.25) is 0 Å². The van der Waals surface area contributed by atoms with Crippen LogP contribution >= 0.6 is 0 Å². The lowest BCUT2D eigenvalue weighted by atomic mass is 9.70. The van der Waals surface area contributed by atoms with Crippen LogP contribution in [-0.2, 0) is 4.43 Å². The molecule has 2 heteroatoms. The third kappa shape index (κ3) is 0.779. The van der Waals surface area contributed by atoms with Crippen LogP contribution in [0.25, 0.3) is 0 Å². The van der Waals surface area contributed by atoms with Crippen LogP contribution in [0.5, 0.6) is 0 Å². The van der Waals surface area contributed by atoms with Gasteiger partial charge in [0.05, 0.1) is 6.10 Å². The van der Waals surface area contributed by atoms with E-state index in [9.17, 15) is 0 Å². The predicted molar refractivity (Wildman–Crippen MR) is 49.9 cm³/mol. The standard InChI is InChI=1S/C10H17OSi/c1-9(2)7-4-5-10(9,3)8(6-7)11-12/h7-8H,4-6H2,1-3H3. The summed E-state index contributed by atoms with van der Waals surface area (Å²) in [6.45, 7) is 7.18. The van der Waals surface area contributed by atoms with Gasteiger partial charge >= 0.3 is 0 Å². The van der Waals surface area contributed by atoms with Crippen LogP contribution in [0.4, 0.5) is 0 Å². The first kappa shape index (κ1) is 8.76. The minimum atomic E-state index is 0.402. The van der Waals surface area contributed by atoms with Crippen LogP contribution in [0.1, 0.15) is 40.0 Å². The first-order chi connectivity index (χ1) is 5.52. The average molecular weight is 181 g/mol. The number of fused-ring (bicyclic) bond motifs is 2. The lowest BCUT2D eigenvalue weighted by molar-refractivity contribution is 0.0358. The van der Waals surface area contributed by atoms with Gasteiger partial charge in [0.15, 0.2) is 0 Å². The van der Waals surface area contributed by atoms with Crippen molar-refractivity contribution in [3.63, 3.8) is 0 Å². The van der Waals surface area contributed by atoms with Crippen LogP contribution in [0.2, 0.25) is 0 Å². The van der Waals surface area contributed by atoms with E-state index in [2.05, 4.69) is 31.3 Å². The molecule has 67 valence electrons. The Kier molecular flexibility index (Phi) is 1.72. The van der Waals surface area contributed by atoms with Crippen LogP contribution in [-0.4, -0.2) is 16.6 Å². The Morgan fingerprint density at radius 3 is 2.25 bits per heavy atom. The summed E-state index contributed by atoms with van der Waals surface area (Å²) in [7, 11) is 3.21. The molecule has 0 aromatic heterocycles. The summed E-state index contributed by atoms with van der Waals surface area (Å²) in [6, 6.07) is 0. The summed E-state index contributed by atoms with van der Waals surface area (Å²) in [5.41, 5.74) is 0.879. The molecule has 0 spiro atoms. The normalized spacial score (nSPS) is 50.0. The van der Waals surface area contributed by atoms with Gasteiger partial charge in [0.2, 0.25) is 10.5 Å². The van der Waals surface area contributed by atoms with Gasteiger partial charge in [0.1, 0.15) is 0 Å². The van der Waals surface area contributed by atoms with E-state index in [1.54, 1.807) is 0 Å². The fraction of sp³-hybridized carbons (Fsp3) is 1.00.